The lowest BCUT2D eigenvalue weighted by Crippen LogP contribution is -2.50. The summed E-state index contributed by atoms with van der Waals surface area (Å²) >= 11 is 0. The number of amides is 2. The Labute approximate surface area is 183 Å². The van der Waals surface area contributed by atoms with E-state index in [2.05, 4.69) is 53.5 Å². The van der Waals surface area contributed by atoms with E-state index in [0.717, 1.165) is 30.8 Å². The van der Waals surface area contributed by atoms with E-state index in [1.807, 2.05) is 12.1 Å². The highest BCUT2D eigenvalue weighted by atomic mass is 16.5. The topological polar surface area (TPSA) is 111 Å². The third-order valence-electron chi connectivity index (χ3n) is 5.79. The molecule has 1 aliphatic heterocycles. The van der Waals surface area contributed by atoms with Crippen LogP contribution >= 0.6 is 0 Å². The van der Waals surface area contributed by atoms with Crippen LogP contribution in [0.5, 0.6) is 0 Å². The summed E-state index contributed by atoms with van der Waals surface area (Å²) in [6.07, 6.45) is 1.21. The second-order valence-electron chi connectivity index (χ2n) is 8.15. The van der Waals surface area contributed by atoms with Gasteiger partial charge in [0.25, 0.3) is 11.8 Å². The van der Waals surface area contributed by atoms with Gasteiger partial charge in [-0.3, -0.25) is 19.7 Å². The Balaban J connectivity index is 1.59. The highest BCUT2D eigenvalue weighted by Crippen LogP contribution is 2.22. The van der Waals surface area contributed by atoms with Crippen molar-refractivity contribution in [1.29, 1.82) is 0 Å². The number of nitrogens with two attached hydrogens (primary N) is 1. The molecule has 3 rings (SSSR count). The number of rotatable bonds is 8. The molecular weight excluding hydrogens is 394 g/mol. The second kappa shape index (κ2) is 10.5. The molecule has 8 nitrogen and oxygen atoms in total. The summed E-state index contributed by atoms with van der Waals surface area (Å²) < 4.78 is 0. The normalized spacial score (nSPS) is 17.5. The van der Waals surface area contributed by atoms with E-state index in [9.17, 15) is 9.59 Å². The van der Waals surface area contributed by atoms with Crippen molar-refractivity contribution in [3.8, 4) is 11.1 Å². The molecule has 0 saturated carbocycles. The summed E-state index contributed by atoms with van der Waals surface area (Å²) in [5.41, 5.74) is 10.7. The summed E-state index contributed by atoms with van der Waals surface area (Å²) in [6.45, 7) is 3.06. The molecule has 0 aromatic heterocycles. The van der Waals surface area contributed by atoms with E-state index in [1.165, 1.54) is 17.5 Å². The molecule has 1 fully saturated rings. The lowest BCUT2D eigenvalue weighted by molar-refractivity contribution is -0.130. The first-order valence-electron chi connectivity index (χ1n) is 10.4. The van der Waals surface area contributed by atoms with Crippen LogP contribution in [-0.4, -0.2) is 72.6 Å². The van der Waals surface area contributed by atoms with E-state index in [-0.39, 0.29) is 6.54 Å². The van der Waals surface area contributed by atoms with Gasteiger partial charge in [-0.2, -0.15) is 0 Å². The first-order valence-corrected chi connectivity index (χ1v) is 10.4. The van der Waals surface area contributed by atoms with Crippen molar-refractivity contribution in [3.63, 3.8) is 0 Å². The van der Waals surface area contributed by atoms with Gasteiger partial charge in [0, 0.05) is 37.8 Å². The maximum absolute atomic E-state index is 12.3. The van der Waals surface area contributed by atoms with E-state index < -0.39 is 17.9 Å². The molecule has 31 heavy (non-hydrogen) atoms. The van der Waals surface area contributed by atoms with Crippen molar-refractivity contribution in [3.05, 3.63) is 59.7 Å². The average molecular weight is 426 g/mol. The third kappa shape index (κ3) is 5.89. The largest absolute Gasteiger partial charge is 0.339 e. The highest BCUT2D eigenvalue weighted by Gasteiger charge is 2.23. The van der Waals surface area contributed by atoms with Gasteiger partial charge in [-0.05, 0) is 49.3 Å². The fourth-order valence-electron chi connectivity index (χ4n) is 3.80. The first kappa shape index (κ1) is 22.9. The molecule has 8 heteroatoms. The minimum absolute atomic E-state index is 0.115. The molecular formula is C23H31N5O3. The minimum Gasteiger partial charge on any atom is -0.339 e. The van der Waals surface area contributed by atoms with Gasteiger partial charge in [-0.15, -0.1) is 0 Å². The molecule has 1 heterocycles. The molecule has 166 valence electrons. The average Bonchev–Trinajstić information content (AvgIpc) is 3.26. The van der Waals surface area contributed by atoms with Gasteiger partial charge in [0.1, 0.15) is 6.04 Å². The Morgan fingerprint density at radius 1 is 1.13 bits per heavy atom. The number of likely N-dealkylation sites (tertiary alicyclic amines) is 1. The van der Waals surface area contributed by atoms with Crippen LogP contribution in [0.25, 0.3) is 11.1 Å². The zero-order chi connectivity index (χ0) is 22.4. The highest BCUT2D eigenvalue weighted by molar-refractivity contribution is 5.97. The Bertz CT molecular complexity index is 883. The van der Waals surface area contributed by atoms with Crippen molar-refractivity contribution >= 4 is 11.8 Å². The third-order valence-corrected chi connectivity index (χ3v) is 5.79. The smallest absolute Gasteiger partial charge is 0.267 e. The Morgan fingerprint density at radius 2 is 1.74 bits per heavy atom. The van der Waals surface area contributed by atoms with Crippen LogP contribution in [0.4, 0.5) is 0 Å². The standard InChI is InChI=1S/C23H31N5O3/c1-27(2)20-11-12-28(15-20)14-16-3-5-17(6-4-16)18-7-9-19(10-8-18)22(29)25-21(13-24)23(30)26-31/h3-10,20-21,31H,11-15,24H2,1-2H3,(H,25,29)(H,26,30)/t20-,21+/m1/s1. The Morgan fingerprint density at radius 3 is 2.26 bits per heavy atom. The summed E-state index contributed by atoms with van der Waals surface area (Å²) in [5.74, 6) is -1.18. The van der Waals surface area contributed by atoms with Crippen LogP contribution in [0.3, 0.4) is 0 Å². The van der Waals surface area contributed by atoms with Crippen LogP contribution in [0.1, 0.15) is 22.3 Å². The van der Waals surface area contributed by atoms with Crippen LogP contribution in [0, 0.1) is 0 Å². The van der Waals surface area contributed by atoms with E-state index in [0.29, 0.717) is 11.6 Å². The molecule has 2 amide bonds. The summed E-state index contributed by atoms with van der Waals surface area (Å²) in [6, 6.07) is 15.3. The van der Waals surface area contributed by atoms with Gasteiger partial charge in [-0.1, -0.05) is 36.4 Å². The van der Waals surface area contributed by atoms with E-state index in [1.54, 1.807) is 12.1 Å². The fourth-order valence-corrected chi connectivity index (χ4v) is 3.80. The van der Waals surface area contributed by atoms with Crippen molar-refractivity contribution < 1.29 is 14.8 Å². The van der Waals surface area contributed by atoms with Gasteiger partial charge in [0.05, 0.1) is 0 Å². The van der Waals surface area contributed by atoms with Gasteiger partial charge < -0.3 is 16.0 Å². The molecule has 2 aromatic carbocycles. The number of carbonyl (C=O) groups excluding carboxylic acids is 2. The zero-order valence-electron chi connectivity index (χ0n) is 18.0. The molecule has 0 bridgehead atoms. The maximum atomic E-state index is 12.3. The van der Waals surface area contributed by atoms with Crippen LogP contribution < -0.4 is 16.5 Å². The van der Waals surface area contributed by atoms with Crippen molar-refractivity contribution in [1.82, 2.24) is 20.6 Å². The number of hydrogen-bond acceptors (Lipinski definition) is 6. The number of carbonyl (C=O) groups is 2. The molecule has 0 unspecified atom stereocenters. The van der Waals surface area contributed by atoms with Crippen molar-refractivity contribution in [2.75, 3.05) is 33.7 Å². The van der Waals surface area contributed by atoms with Gasteiger partial charge >= 0.3 is 0 Å². The summed E-state index contributed by atoms with van der Waals surface area (Å²) in [4.78, 5) is 28.6. The number of hydrogen-bond donors (Lipinski definition) is 4. The number of likely N-dealkylation sites (N-methyl/N-ethyl adjacent to an activating group) is 1. The monoisotopic (exact) mass is 425 g/mol. The van der Waals surface area contributed by atoms with Crippen molar-refractivity contribution in [2.45, 2.75) is 25.0 Å². The SMILES string of the molecule is CN(C)[C@@H]1CCN(Cc2ccc(-c3ccc(C(=O)N[C@@H](CN)C(=O)NO)cc3)cc2)C1. The second-order valence-corrected chi connectivity index (χ2v) is 8.15. The minimum atomic E-state index is -0.992. The molecule has 2 aromatic rings. The van der Waals surface area contributed by atoms with E-state index >= 15 is 0 Å². The number of benzene rings is 2. The molecule has 0 radical (unpaired) electrons. The van der Waals surface area contributed by atoms with Gasteiger partial charge in [-0.25, -0.2) is 5.48 Å². The molecule has 2 atom stereocenters. The van der Waals surface area contributed by atoms with Gasteiger partial charge in [0.2, 0.25) is 0 Å². The predicted molar refractivity (Wildman–Crippen MR) is 119 cm³/mol. The molecule has 0 aliphatic carbocycles. The van der Waals surface area contributed by atoms with Gasteiger partial charge in [0.15, 0.2) is 0 Å². The Hall–Kier alpha value is -2.78. The van der Waals surface area contributed by atoms with Crippen LogP contribution in [0.15, 0.2) is 48.5 Å². The molecule has 0 spiro atoms. The summed E-state index contributed by atoms with van der Waals surface area (Å²) in [7, 11) is 4.28. The zero-order valence-corrected chi connectivity index (χ0v) is 18.0. The molecule has 5 N–H and O–H groups in total. The molecule has 1 aliphatic rings. The number of hydroxylamine groups is 1. The number of nitrogens with zero attached hydrogens (tertiary/aromatic N) is 2. The van der Waals surface area contributed by atoms with Crippen LogP contribution in [-0.2, 0) is 11.3 Å². The molecule has 1 saturated heterocycles. The number of nitrogens with one attached hydrogen (secondary N) is 2. The Kier molecular flexibility index (Phi) is 7.75. The lowest BCUT2D eigenvalue weighted by Gasteiger charge is -2.20. The fraction of sp³-hybridized carbons (Fsp3) is 0.391. The lowest BCUT2D eigenvalue weighted by atomic mass is 10.0. The maximum Gasteiger partial charge on any atom is 0.267 e. The quantitative estimate of drug-likeness (QED) is 0.372. The first-order chi connectivity index (χ1) is 14.9. The predicted octanol–water partition coefficient (Wildman–Crippen LogP) is 1.05. The van der Waals surface area contributed by atoms with Crippen LogP contribution in [0.2, 0.25) is 0 Å². The van der Waals surface area contributed by atoms with E-state index in [4.69, 9.17) is 10.9 Å². The van der Waals surface area contributed by atoms with Crippen molar-refractivity contribution in [2.24, 2.45) is 5.73 Å². The summed E-state index contributed by atoms with van der Waals surface area (Å²) in [5, 5.41) is 11.2.